The van der Waals surface area contributed by atoms with Crippen molar-refractivity contribution >= 4 is 43.5 Å². The summed E-state index contributed by atoms with van der Waals surface area (Å²) in [4.78, 5) is 15.3. The van der Waals surface area contributed by atoms with Crippen LogP contribution in [-0.4, -0.2) is 15.0 Å². The van der Waals surface area contributed by atoms with Gasteiger partial charge in [-0.3, -0.25) is 0 Å². The zero-order chi connectivity index (χ0) is 32.0. The molecule has 0 spiro atoms. The number of aromatic nitrogens is 3. The molecule has 48 heavy (non-hydrogen) atoms. The van der Waals surface area contributed by atoms with Gasteiger partial charge < -0.3 is 4.42 Å². The maximum atomic E-state index is 6.21. The first-order valence-electron chi connectivity index (χ1n) is 16.4. The molecule has 0 saturated carbocycles. The van der Waals surface area contributed by atoms with Crippen LogP contribution in [0.4, 0.5) is 0 Å². The zero-order valence-electron chi connectivity index (χ0n) is 26.5. The van der Waals surface area contributed by atoms with Crippen molar-refractivity contribution in [1.82, 2.24) is 15.0 Å². The summed E-state index contributed by atoms with van der Waals surface area (Å²) in [6, 6.07) is 49.1. The van der Waals surface area contributed by atoms with Gasteiger partial charge in [-0.25, -0.2) is 15.0 Å². The molecule has 0 atom stereocenters. The van der Waals surface area contributed by atoms with Crippen molar-refractivity contribution in [3.05, 3.63) is 151 Å². The van der Waals surface area contributed by atoms with Gasteiger partial charge in [0.25, 0.3) is 0 Å². The van der Waals surface area contributed by atoms with Crippen LogP contribution in [0.15, 0.2) is 144 Å². The topological polar surface area (TPSA) is 51.8 Å². The van der Waals surface area contributed by atoms with Crippen LogP contribution in [0.2, 0.25) is 0 Å². The fourth-order valence-corrected chi connectivity index (χ4v) is 7.62. The average Bonchev–Trinajstić information content (AvgIpc) is 3.61. The molecule has 226 valence electrons. The number of furan rings is 1. The summed E-state index contributed by atoms with van der Waals surface area (Å²) >= 11 is 0. The van der Waals surface area contributed by atoms with Crippen LogP contribution in [0.25, 0.3) is 88.8 Å². The second-order valence-corrected chi connectivity index (χ2v) is 13.3. The summed E-state index contributed by atoms with van der Waals surface area (Å²) in [6.45, 7) is 4.60. The van der Waals surface area contributed by atoms with Gasteiger partial charge in [0.2, 0.25) is 0 Å². The monoisotopic (exact) mass is 615 g/mol. The second kappa shape index (κ2) is 9.93. The third-order valence-electron chi connectivity index (χ3n) is 10.1. The fourth-order valence-electron chi connectivity index (χ4n) is 7.62. The van der Waals surface area contributed by atoms with Crippen molar-refractivity contribution in [2.24, 2.45) is 0 Å². The van der Waals surface area contributed by atoms with Crippen LogP contribution in [0, 0.1) is 0 Å². The fraction of sp³-hybridized carbons (Fsp3) is 0.0682. The Kier molecular flexibility index (Phi) is 5.59. The summed E-state index contributed by atoms with van der Waals surface area (Å²) in [5.74, 6) is 1.96. The molecule has 1 aliphatic rings. The first-order chi connectivity index (χ1) is 23.5. The third-order valence-corrected chi connectivity index (χ3v) is 10.1. The molecule has 0 radical (unpaired) electrons. The van der Waals surface area contributed by atoms with Crippen LogP contribution in [0.3, 0.4) is 0 Å². The maximum Gasteiger partial charge on any atom is 0.164 e. The number of benzene rings is 7. The summed E-state index contributed by atoms with van der Waals surface area (Å²) < 4.78 is 6.21. The molecule has 0 aliphatic heterocycles. The van der Waals surface area contributed by atoms with E-state index in [9.17, 15) is 0 Å². The summed E-state index contributed by atoms with van der Waals surface area (Å²) in [5, 5.41) is 6.86. The van der Waals surface area contributed by atoms with E-state index in [-0.39, 0.29) is 5.41 Å². The molecule has 2 aromatic heterocycles. The summed E-state index contributed by atoms with van der Waals surface area (Å²) in [6.07, 6.45) is 0. The molecule has 1 aliphatic carbocycles. The van der Waals surface area contributed by atoms with Crippen molar-refractivity contribution in [3.8, 4) is 45.3 Å². The predicted molar refractivity (Wildman–Crippen MR) is 196 cm³/mol. The maximum absolute atomic E-state index is 6.21. The van der Waals surface area contributed by atoms with E-state index in [2.05, 4.69) is 123 Å². The summed E-state index contributed by atoms with van der Waals surface area (Å²) in [7, 11) is 0. The zero-order valence-corrected chi connectivity index (χ0v) is 26.5. The number of rotatable bonds is 3. The first kappa shape index (κ1) is 27.0. The highest BCUT2D eigenvalue weighted by Crippen LogP contribution is 2.49. The Labute approximate surface area is 277 Å². The standard InChI is InChI=1S/C44H29N3O/c1-44(2)37-14-8-6-12-31(37)35-23-30(20-21-38(35)44)43-46-41(27-10-4-3-5-11-27)45-42(47-43)29-19-17-26-16-18-28-24-40-36(25-34(28)33(26)22-29)32-13-7-9-15-39(32)48-40/h3-25H,1-2H3. The SMILES string of the molecule is CC1(C)c2ccccc2-c2cc(-c3nc(-c4ccccc4)nc(-c4ccc5ccc6cc7oc8ccccc8c7cc6c5c4)n3)ccc21. The lowest BCUT2D eigenvalue weighted by Crippen LogP contribution is -2.14. The Morgan fingerprint density at radius 2 is 1.04 bits per heavy atom. The lowest BCUT2D eigenvalue weighted by Gasteiger charge is -2.21. The first-order valence-corrected chi connectivity index (χ1v) is 16.4. The van der Waals surface area contributed by atoms with Gasteiger partial charge in [0.1, 0.15) is 11.2 Å². The second-order valence-electron chi connectivity index (χ2n) is 13.3. The van der Waals surface area contributed by atoms with Gasteiger partial charge in [-0.15, -0.1) is 0 Å². The molecule has 0 bridgehead atoms. The van der Waals surface area contributed by atoms with Gasteiger partial charge in [-0.05, 0) is 74.1 Å². The summed E-state index contributed by atoms with van der Waals surface area (Å²) in [5.41, 5.74) is 9.80. The molecule has 4 heteroatoms. The van der Waals surface area contributed by atoms with E-state index >= 15 is 0 Å². The smallest absolute Gasteiger partial charge is 0.164 e. The van der Waals surface area contributed by atoms with E-state index in [4.69, 9.17) is 19.4 Å². The van der Waals surface area contributed by atoms with Gasteiger partial charge in [0, 0.05) is 32.9 Å². The van der Waals surface area contributed by atoms with Crippen molar-refractivity contribution in [3.63, 3.8) is 0 Å². The minimum absolute atomic E-state index is 0.0634. The van der Waals surface area contributed by atoms with Gasteiger partial charge in [0.05, 0.1) is 0 Å². The molecule has 9 aromatic rings. The third kappa shape index (κ3) is 3.99. The van der Waals surface area contributed by atoms with Crippen LogP contribution >= 0.6 is 0 Å². The molecule has 0 unspecified atom stereocenters. The van der Waals surface area contributed by atoms with Crippen LogP contribution < -0.4 is 0 Å². The number of nitrogens with zero attached hydrogens (tertiary/aromatic N) is 3. The number of fused-ring (bicyclic) bond motifs is 9. The van der Waals surface area contributed by atoms with Crippen molar-refractivity contribution < 1.29 is 4.42 Å². The molecule has 0 fully saturated rings. The largest absolute Gasteiger partial charge is 0.456 e. The van der Waals surface area contributed by atoms with Crippen molar-refractivity contribution in [2.75, 3.05) is 0 Å². The molecule has 10 rings (SSSR count). The van der Waals surface area contributed by atoms with Gasteiger partial charge in [-0.1, -0.05) is 123 Å². The van der Waals surface area contributed by atoms with Crippen molar-refractivity contribution in [1.29, 1.82) is 0 Å². The van der Waals surface area contributed by atoms with E-state index in [1.165, 1.54) is 27.6 Å². The van der Waals surface area contributed by atoms with E-state index in [0.29, 0.717) is 17.5 Å². The lowest BCUT2D eigenvalue weighted by atomic mass is 9.82. The van der Waals surface area contributed by atoms with Gasteiger partial charge in [0.15, 0.2) is 17.5 Å². The van der Waals surface area contributed by atoms with E-state index in [1.807, 2.05) is 30.3 Å². The molecule has 0 N–H and O–H groups in total. The Hall–Kier alpha value is -6.13. The molecule has 4 nitrogen and oxygen atoms in total. The van der Waals surface area contributed by atoms with E-state index in [0.717, 1.165) is 54.8 Å². The van der Waals surface area contributed by atoms with E-state index in [1.54, 1.807) is 0 Å². The quantitative estimate of drug-likeness (QED) is 0.186. The van der Waals surface area contributed by atoms with Gasteiger partial charge in [-0.2, -0.15) is 0 Å². The minimum atomic E-state index is -0.0634. The molecule has 0 saturated heterocycles. The average molecular weight is 616 g/mol. The Bertz CT molecular complexity index is 2760. The normalized spacial score (nSPS) is 13.4. The van der Waals surface area contributed by atoms with Crippen molar-refractivity contribution in [2.45, 2.75) is 19.3 Å². The highest BCUT2D eigenvalue weighted by Gasteiger charge is 2.35. The molecule has 7 aromatic carbocycles. The molecular weight excluding hydrogens is 587 g/mol. The van der Waals surface area contributed by atoms with Crippen LogP contribution in [0.1, 0.15) is 25.0 Å². The number of para-hydroxylation sites is 1. The highest BCUT2D eigenvalue weighted by molar-refractivity contribution is 6.16. The van der Waals surface area contributed by atoms with Crippen LogP contribution in [0.5, 0.6) is 0 Å². The Balaban J connectivity index is 1.18. The molecule has 0 amide bonds. The number of hydrogen-bond donors (Lipinski definition) is 0. The lowest BCUT2D eigenvalue weighted by molar-refractivity contribution is 0.660. The molecular formula is C44H29N3O. The number of hydrogen-bond acceptors (Lipinski definition) is 4. The van der Waals surface area contributed by atoms with Crippen LogP contribution in [-0.2, 0) is 5.41 Å². The predicted octanol–water partition coefficient (Wildman–Crippen LogP) is 11.4. The Morgan fingerprint density at radius 1 is 0.417 bits per heavy atom. The highest BCUT2D eigenvalue weighted by atomic mass is 16.3. The minimum Gasteiger partial charge on any atom is -0.456 e. The van der Waals surface area contributed by atoms with E-state index < -0.39 is 0 Å². The molecule has 2 heterocycles. The Morgan fingerprint density at radius 3 is 1.90 bits per heavy atom. The van der Waals surface area contributed by atoms with Gasteiger partial charge >= 0.3 is 0 Å².